The molecule has 0 aliphatic carbocycles. The monoisotopic (exact) mass is 260 g/mol. The highest BCUT2D eigenvalue weighted by Crippen LogP contribution is 2.22. The first-order valence-electron chi connectivity index (χ1n) is 5.94. The van der Waals surface area contributed by atoms with Crippen LogP contribution in [0.4, 0.5) is 0 Å². The van der Waals surface area contributed by atoms with Gasteiger partial charge in [0.1, 0.15) is 0 Å². The summed E-state index contributed by atoms with van der Waals surface area (Å²) in [7, 11) is 0. The number of thioether (sulfide) groups is 1. The van der Waals surface area contributed by atoms with Gasteiger partial charge in [-0.1, -0.05) is 19.1 Å². The van der Waals surface area contributed by atoms with Crippen LogP contribution in [0.1, 0.15) is 25.5 Å². The maximum absolute atomic E-state index is 9.40. The molecule has 0 amide bonds. The van der Waals surface area contributed by atoms with Crippen molar-refractivity contribution in [3.8, 4) is 11.4 Å². The zero-order valence-electron chi connectivity index (χ0n) is 10.5. The van der Waals surface area contributed by atoms with Crippen LogP contribution in [-0.4, -0.2) is 20.8 Å². The number of aliphatic hydroxyl groups excluding tert-OH is 1. The Kier molecular flexibility index (Phi) is 4.33. The van der Waals surface area contributed by atoms with Crippen molar-refractivity contribution in [2.75, 3.05) is 5.75 Å². The van der Waals surface area contributed by atoms with Gasteiger partial charge in [-0.15, -0.1) is 11.8 Å². The molecule has 1 unspecified atom stereocenters. The summed E-state index contributed by atoms with van der Waals surface area (Å²) in [6.07, 6.45) is 2.81. The second kappa shape index (κ2) is 5.98. The van der Waals surface area contributed by atoms with Crippen molar-refractivity contribution in [2.45, 2.75) is 24.8 Å². The molecule has 1 aromatic carbocycles. The first kappa shape index (κ1) is 13.1. The second-order valence-corrected chi connectivity index (χ2v) is 5.31. The van der Waals surface area contributed by atoms with E-state index in [9.17, 15) is 5.11 Å². The van der Waals surface area contributed by atoms with Crippen LogP contribution in [0.3, 0.4) is 0 Å². The van der Waals surface area contributed by atoms with E-state index in [1.807, 2.05) is 23.9 Å². The molecule has 1 heterocycles. The molecule has 4 heteroatoms. The Labute approximate surface area is 111 Å². The maximum atomic E-state index is 9.40. The van der Waals surface area contributed by atoms with Gasteiger partial charge in [-0.2, -0.15) is 0 Å². The van der Waals surface area contributed by atoms with Gasteiger partial charge in [0.2, 0.25) is 0 Å². The minimum atomic E-state index is -0.526. The van der Waals surface area contributed by atoms with E-state index in [0.29, 0.717) is 5.82 Å². The van der Waals surface area contributed by atoms with E-state index < -0.39 is 6.10 Å². The summed E-state index contributed by atoms with van der Waals surface area (Å²) in [5.74, 6) is 1.76. The molecule has 0 aliphatic heterocycles. The number of hydrogen-bond donors (Lipinski definition) is 1. The quantitative estimate of drug-likeness (QED) is 0.857. The smallest absolute Gasteiger partial charge is 0.159 e. The van der Waals surface area contributed by atoms with Gasteiger partial charge in [0.15, 0.2) is 5.82 Å². The largest absolute Gasteiger partial charge is 0.389 e. The lowest BCUT2D eigenvalue weighted by atomic mass is 10.2. The lowest BCUT2D eigenvalue weighted by molar-refractivity contribution is 0.198. The van der Waals surface area contributed by atoms with E-state index in [1.165, 1.54) is 4.90 Å². The highest BCUT2D eigenvalue weighted by atomic mass is 32.2. The van der Waals surface area contributed by atoms with Crippen LogP contribution < -0.4 is 0 Å². The van der Waals surface area contributed by atoms with Crippen molar-refractivity contribution >= 4 is 11.8 Å². The zero-order chi connectivity index (χ0) is 13.0. The fourth-order valence-electron chi connectivity index (χ4n) is 1.57. The summed E-state index contributed by atoms with van der Waals surface area (Å²) in [5, 5.41) is 9.40. The predicted octanol–water partition coefficient (Wildman–Crippen LogP) is 3.31. The Hall–Kier alpha value is -1.39. The molecule has 3 nitrogen and oxygen atoms in total. The molecule has 0 spiro atoms. The van der Waals surface area contributed by atoms with Gasteiger partial charge in [0.25, 0.3) is 0 Å². The van der Waals surface area contributed by atoms with Crippen LogP contribution >= 0.6 is 11.8 Å². The summed E-state index contributed by atoms with van der Waals surface area (Å²) in [6, 6.07) is 8.20. The maximum Gasteiger partial charge on any atom is 0.159 e. The topological polar surface area (TPSA) is 46.0 Å². The molecule has 1 N–H and O–H groups in total. The summed E-state index contributed by atoms with van der Waals surface area (Å²) in [6.45, 7) is 3.84. The van der Waals surface area contributed by atoms with Crippen molar-refractivity contribution in [1.82, 2.24) is 9.97 Å². The fraction of sp³-hybridized carbons (Fsp3) is 0.286. The molecule has 2 aromatic rings. The van der Waals surface area contributed by atoms with Crippen LogP contribution in [0.15, 0.2) is 41.6 Å². The third-order valence-corrected chi connectivity index (χ3v) is 3.47. The third-order valence-electron chi connectivity index (χ3n) is 2.58. The summed E-state index contributed by atoms with van der Waals surface area (Å²) >= 11 is 1.81. The minimum Gasteiger partial charge on any atom is -0.389 e. The Bertz CT molecular complexity index is 494. The molecule has 0 aliphatic rings. The van der Waals surface area contributed by atoms with E-state index in [1.54, 1.807) is 19.3 Å². The lowest BCUT2D eigenvalue weighted by Crippen LogP contribution is -1.95. The first-order chi connectivity index (χ1) is 8.70. The van der Waals surface area contributed by atoms with Crippen LogP contribution in [-0.2, 0) is 0 Å². The van der Waals surface area contributed by atoms with Crippen LogP contribution in [0, 0.1) is 0 Å². The van der Waals surface area contributed by atoms with E-state index in [2.05, 4.69) is 29.0 Å². The van der Waals surface area contributed by atoms with Gasteiger partial charge in [0, 0.05) is 28.4 Å². The highest BCUT2D eigenvalue weighted by molar-refractivity contribution is 7.99. The van der Waals surface area contributed by atoms with Crippen molar-refractivity contribution in [3.05, 3.63) is 42.2 Å². The average molecular weight is 260 g/mol. The van der Waals surface area contributed by atoms with Crippen molar-refractivity contribution in [3.63, 3.8) is 0 Å². The van der Waals surface area contributed by atoms with Gasteiger partial charge in [-0.3, -0.25) is 0 Å². The number of hydrogen-bond acceptors (Lipinski definition) is 4. The zero-order valence-corrected chi connectivity index (χ0v) is 11.3. The van der Waals surface area contributed by atoms with Gasteiger partial charge in [-0.05, 0) is 24.8 Å². The van der Waals surface area contributed by atoms with Crippen LogP contribution in [0.2, 0.25) is 0 Å². The molecular weight excluding hydrogens is 244 g/mol. The van der Waals surface area contributed by atoms with Crippen LogP contribution in [0.5, 0.6) is 0 Å². The fourth-order valence-corrected chi connectivity index (χ4v) is 2.23. The molecule has 0 radical (unpaired) electrons. The van der Waals surface area contributed by atoms with Gasteiger partial charge < -0.3 is 5.11 Å². The van der Waals surface area contributed by atoms with Crippen molar-refractivity contribution < 1.29 is 5.11 Å². The number of nitrogens with zero attached hydrogens (tertiary/aromatic N) is 2. The Morgan fingerprint density at radius 3 is 2.28 bits per heavy atom. The van der Waals surface area contributed by atoms with E-state index in [-0.39, 0.29) is 0 Å². The van der Waals surface area contributed by atoms with E-state index in [4.69, 9.17) is 0 Å². The van der Waals surface area contributed by atoms with Gasteiger partial charge >= 0.3 is 0 Å². The molecule has 0 saturated heterocycles. The standard InChI is InChI=1S/C14H16N2OS/c1-3-18-13-6-4-11(5-7-13)14-15-8-12(9-16-14)10(2)17/h4-10,17H,3H2,1-2H3. The van der Waals surface area contributed by atoms with Gasteiger partial charge in [-0.25, -0.2) is 9.97 Å². The number of aliphatic hydroxyl groups is 1. The molecule has 1 atom stereocenters. The molecule has 0 fully saturated rings. The number of rotatable bonds is 4. The molecule has 18 heavy (non-hydrogen) atoms. The Morgan fingerprint density at radius 2 is 1.78 bits per heavy atom. The third kappa shape index (κ3) is 3.09. The average Bonchev–Trinajstić information content (AvgIpc) is 2.40. The molecule has 1 aromatic heterocycles. The van der Waals surface area contributed by atoms with Crippen LogP contribution in [0.25, 0.3) is 11.4 Å². The number of benzene rings is 1. The number of aromatic nitrogens is 2. The van der Waals surface area contributed by atoms with Crippen molar-refractivity contribution in [2.24, 2.45) is 0 Å². The van der Waals surface area contributed by atoms with Crippen molar-refractivity contribution in [1.29, 1.82) is 0 Å². The van der Waals surface area contributed by atoms with Gasteiger partial charge in [0.05, 0.1) is 6.10 Å². The molecular formula is C14H16N2OS. The molecule has 0 bridgehead atoms. The lowest BCUT2D eigenvalue weighted by Gasteiger charge is -2.05. The summed E-state index contributed by atoms with van der Waals surface area (Å²) in [4.78, 5) is 9.79. The van der Waals surface area contributed by atoms with E-state index in [0.717, 1.165) is 16.9 Å². The highest BCUT2D eigenvalue weighted by Gasteiger charge is 2.04. The minimum absolute atomic E-state index is 0.526. The molecule has 0 saturated carbocycles. The first-order valence-corrected chi connectivity index (χ1v) is 6.92. The summed E-state index contributed by atoms with van der Waals surface area (Å²) < 4.78 is 0. The molecule has 94 valence electrons. The Morgan fingerprint density at radius 1 is 1.17 bits per heavy atom. The second-order valence-electron chi connectivity index (χ2n) is 3.97. The SMILES string of the molecule is CCSc1ccc(-c2ncc(C(C)O)cn2)cc1. The summed E-state index contributed by atoms with van der Waals surface area (Å²) in [5.41, 5.74) is 1.73. The normalized spacial score (nSPS) is 12.4. The van der Waals surface area contributed by atoms with E-state index >= 15 is 0 Å². The molecule has 2 rings (SSSR count). The Balaban J connectivity index is 2.20. The predicted molar refractivity (Wildman–Crippen MR) is 74.5 cm³/mol.